The monoisotopic (exact) mass is 392 g/mol. The zero-order chi connectivity index (χ0) is 21.3. The number of hydrogen-bond donors (Lipinski definition) is 1. The van der Waals surface area contributed by atoms with Crippen LogP contribution in [0.2, 0.25) is 0 Å². The minimum atomic E-state index is -1.21. The smallest absolute Gasteiger partial charge is 0.302 e. The maximum Gasteiger partial charge on any atom is 0.302 e. The van der Waals surface area contributed by atoms with Crippen molar-refractivity contribution in [2.24, 2.45) is 22.7 Å². The van der Waals surface area contributed by atoms with Gasteiger partial charge in [0.15, 0.2) is 11.6 Å². The fourth-order valence-corrected chi connectivity index (χ4v) is 6.14. The van der Waals surface area contributed by atoms with E-state index in [9.17, 15) is 19.5 Å². The normalized spacial score (nSPS) is 47.7. The third-order valence-corrected chi connectivity index (χ3v) is 8.06. The lowest BCUT2D eigenvalue weighted by Gasteiger charge is -2.65. The lowest BCUT2D eigenvalue weighted by atomic mass is 9.42. The van der Waals surface area contributed by atoms with Gasteiger partial charge >= 0.3 is 5.97 Å². The Morgan fingerprint density at radius 2 is 1.71 bits per heavy atom. The Labute approximate surface area is 166 Å². The Hall–Kier alpha value is -1.53. The molecule has 28 heavy (non-hydrogen) atoms. The number of ketones is 2. The number of rotatable bonds is 2. The van der Waals surface area contributed by atoms with Crippen LogP contribution < -0.4 is 0 Å². The van der Waals surface area contributed by atoms with Gasteiger partial charge in [-0.15, -0.1) is 0 Å². The Balaban J connectivity index is 2.09. The molecule has 3 aliphatic rings. The van der Waals surface area contributed by atoms with Gasteiger partial charge in [0.25, 0.3) is 0 Å². The molecule has 1 N–H and O–H groups in total. The van der Waals surface area contributed by atoms with Crippen LogP contribution in [0.3, 0.4) is 0 Å². The number of carbonyl (C=O) groups is 3. The molecule has 2 saturated carbocycles. The minimum Gasteiger partial charge on any atom is -0.462 e. The summed E-state index contributed by atoms with van der Waals surface area (Å²) in [6.07, 6.45) is 0.755. The van der Waals surface area contributed by atoms with Crippen molar-refractivity contribution in [1.29, 1.82) is 0 Å². The molecule has 1 aliphatic heterocycles. The highest BCUT2D eigenvalue weighted by molar-refractivity contribution is 5.96. The highest BCUT2D eigenvalue weighted by Gasteiger charge is 2.70. The molecular formula is C22H32O6. The first-order valence-corrected chi connectivity index (χ1v) is 9.99. The van der Waals surface area contributed by atoms with Gasteiger partial charge in [0, 0.05) is 42.9 Å². The molecule has 0 spiro atoms. The third kappa shape index (κ3) is 2.64. The molecule has 1 saturated heterocycles. The van der Waals surface area contributed by atoms with Crippen molar-refractivity contribution in [2.75, 3.05) is 0 Å². The molecule has 6 nitrogen and oxygen atoms in total. The van der Waals surface area contributed by atoms with Crippen molar-refractivity contribution in [3.63, 3.8) is 0 Å². The van der Waals surface area contributed by atoms with Gasteiger partial charge in [-0.1, -0.05) is 33.4 Å². The molecule has 3 fully saturated rings. The van der Waals surface area contributed by atoms with E-state index in [2.05, 4.69) is 6.58 Å². The van der Waals surface area contributed by atoms with Crippen molar-refractivity contribution < 1.29 is 29.0 Å². The van der Waals surface area contributed by atoms with Crippen molar-refractivity contribution in [3.05, 3.63) is 12.7 Å². The van der Waals surface area contributed by atoms with Gasteiger partial charge in [0.2, 0.25) is 0 Å². The summed E-state index contributed by atoms with van der Waals surface area (Å²) in [6.45, 7) is 14.4. The topological polar surface area (TPSA) is 89.9 Å². The quantitative estimate of drug-likeness (QED) is 0.574. The number of fused-ring (bicyclic) bond motifs is 3. The van der Waals surface area contributed by atoms with Crippen LogP contribution in [0.25, 0.3) is 0 Å². The van der Waals surface area contributed by atoms with Gasteiger partial charge in [0.05, 0.1) is 6.10 Å². The Bertz CT molecular complexity index is 741. The number of hydrogen-bond acceptors (Lipinski definition) is 6. The number of aliphatic hydroxyl groups excluding tert-OH is 1. The van der Waals surface area contributed by atoms with Crippen LogP contribution in [0.5, 0.6) is 0 Å². The fraction of sp³-hybridized carbons (Fsp3) is 0.773. The highest BCUT2D eigenvalue weighted by atomic mass is 16.5. The second-order valence-electron chi connectivity index (χ2n) is 9.92. The minimum absolute atomic E-state index is 0.0794. The molecule has 0 radical (unpaired) electrons. The molecule has 0 bridgehead atoms. The van der Waals surface area contributed by atoms with Crippen LogP contribution in [0.1, 0.15) is 60.8 Å². The average Bonchev–Trinajstić information content (AvgIpc) is 2.58. The van der Waals surface area contributed by atoms with Gasteiger partial charge in [-0.25, -0.2) is 0 Å². The summed E-state index contributed by atoms with van der Waals surface area (Å²) in [7, 11) is 0. The number of aliphatic hydroxyl groups is 1. The molecule has 7 atom stereocenters. The number of Topliss-reactive ketones (excluding diaryl/α,β-unsaturated/α-hetero) is 2. The van der Waals surface area contributed by atoms with E-state index in [1.54, 1.807) is 13.8 Å². The average molecular weight is 392 g/mol. The van der Waals surface area contributed by atoms with Crippen LogP contribution in [0, 0.1) is 22.7 Å². The van der Waals surface area contributed by atoms with Gasteiger partial charge in [0.1, 0.15) is 17.3 Å². The van der Waals surface area contributed by atoms with Gasteiger partial charge in [-0.3, -0.25) is 14.4 Å². The van der Waals surface area contributed by atoms with Crippen molar-refractivity contribution in [1.82, 2.24) is 0 Å². The van der Waals surface area contributed by atoms with Crippen molar-refractivity contribution >= 4 is 17.5 Å². The van der Waals surface area contributed by atoms with Crippen LogP contribution in [-0.4, -0.2) is 46.1 Å². The van der Waals surface area contributed by atoms with E-state index in [0.717, 1.165) is 0 Å². The van der Waals surface area contributed by atoms with Crippen LogP contribution >= 0.6 is 0 Å². The maximum absolute atomic E-state index is 13.3. The Kier molecular flexibility index (Phi) is 4.72. The number of carbonyl (C=O) groups excluding carboxylic acids is 3. The molecule has 6 heteroatoms. The maximum atomic E-state index is 13.3. The van der Waals surface area contributed by atoms with Gasteiger partial charge in [-0.2, -0.15) is 0 Å². The fourth-order valence-electron chi connectivity index (χ4n) is 6.14. The third-order valence-electron chi connectivity index (χ3n) is 8.06. The standard InChI is InChI=1S/C22H32O6/c1-8-20(5)15(24)10-14-21(6)13(9-17(26)22(14,7)28-20)19(3,4)18(11-16(21)25)27-12(2)23/h8,13-14,16,18,25H,1,9-11H2,2-7H3. The number of ether oxygens (including phenoxy) is 2. The van der Waals surface area contributed by atoms with E-state index in [1.807, 2.05) is 20.8 Å². The SMILES string of the molecule is C=CC1(C)OC2(C)C(=O)CC3C(C)(C)C(OC(C)=O)CC(O)C3(C)C2CC1=O. The van der Waals surface area contributed by atoms with E-state index in [4.69, 9.17) is 9.47 Å². The molecule has 2 aliphatic carbocycles. The lowest BCUT2D eigenvalue weighted by molar-refractivity contribution is -0.263. The first kappa shape index (κ1) is 21.2. The summed E-state index contributed by atoms with van der Waals surface area (Å²) < 4.78 is 11.7. The van der Waals surface area contributed by atoms with E-state index in [1.165, 1.54) is 13.0 Å². The zero-order valence-electron chi connectivity index (χ0n) is 17.7. The molecule has 0 aromatic heterocycles. The molecule has 0 aromatic rings. The first-order chi connectivity index (χ1) is 12.7. The van der Waals surface area contributed by atoms with Gasteiger partial charge < -0.3 is 14.6 Å². The summed E-state index contributed by atoms with van der Waals surface area (Å²) in [5.41, 5.74) is -3.63. The molecule has 0 amide bonds. The van der Waals surface area contributed by atoms with Crippen LogP contribution in [0.4, 0.5) is 0 Å². The summed E-state index contributed by atoms with van der Waals surface area (Å²) in [5.74, 6) is -1.32. The predicted molar refractivity (Wildman–Crippen MR) is 102 cm³/mol. The summed E-state index contributed by atoms with van der Waals surface area (Å²) >= 11 is 0. The molecule has 7 unspecified atom stereocenters. The van der Waals surface area contributed by atoms with Crippen LogP contribution in [-0.2, 0) is 23.9 Å². The summed E-state index contributed by atoms with van der Waals surface area (Å²) in [6, 6.07) is 0. The summed E-state index contributed by atoms with van der Waals surface area (Å²) in [5, 5.41) is 11.2. The van der Waals surface area contributed by atoms with E-state index in [-0.39, 0.29) is 36.7 Å². The number of esters is 1. The summed E-state index contributed by atoms with van der Waals surface area (Å²) in [4.78, 5) is 37.8. The zero-order valence-corrected chi connectivity index (χ0v) is 17.7. The molecule has 0 aromatic carbocycles. The van der Waals surface area contributed by atoms with Crippen molar-refractivity contribution in [2.45, 2.75) is 84.2 Å². The Morgan fingerprint density at radius 3 is 2.25 bits per heavy atom. The molecule has 3 rings (SSSR count). The second kappa shape index (κ2) is 6.23. The second-order valence-corrected chi connectivity index (χ2v) is 9.92. The molecule has 1 heterocycles. The predicted octanol–water partition coefficient (Wildman–Crippen LogP) is 2.61. The van der Waals surface area contributed by atoms with E-state index < -0.39 is 46.1 Å². The molecule has 156 valence electrons. The van der Waals surface area contributed by atoms with Gasteiger partial charge in [-0.05, 0) is 19.8 Å². The van der Waals surface area contributed by atoms with E-state index in [0.29, 0.717) is 0 Å². The first-order valence-electron chi connectivity index (χ1n) is 9.99. The lowest BCUT2D eigenvalue weighted by Crippen LogP contribution is -2.72. The highest BCUT2D eigenvalue weighted by Crippen LogP contribution is 2.64. The van der Waals surface area contributed by atoms with Crippen molar-refractivity contribution in [3.8, 4) is 0 Å². The van der Waals surface area contributed by atoms with Crippen LogP contribution in [0.15, 0.2) is 12.7 Å². The molecular weight excluding hydrogens is 360 g/mol. The largest absolute Gasteiger partial charge is 0.462 e. The Morgan fingerprint density at radius 1 is 1.14 bits per heavy atom. The van der Waals surface area contributed by atoms with E-state index >= 15 is 0 Å².